The monoisotopic (exact) mass is 398 g/mol. The predicted octanol–water partition coefficient (Wildman–Crippen LogP) is 3.07. The lowest BCUT2D eigenvalue weighted by molar-refractivity contribution is 0.187. The molecule has 26 heavy (non-hydrogen) atoms. The molecule has 1 aromatic rings. The van der Waals surface area contributed by atoms with E-state index in [4.69, 9.17) is 23.2 Å². The molecule has 1 heterocycles. The number of nitrogens with zero attached hydrogens (tertiary/aromatic N) is 2. The first-order chi connectivity index (χ1) is 12.5. The van der Waals surface area contributed by atoms with Crippen molar-refractivity contribution in [2.45, 2.75) is 38.3 Å². The highest BCUT2D eigenvalue weighted by atomic mass is 35.5. The second-order valence-corrected chi connectivity index (χ2v) is 8.07. The van der Waals surface area contributed by atoms with E-state index in [-0.39, 0.29) is 6.54 Å². The lowest BCUT2D eigenvalue weighted by Gasteiger charge is -2.17. The largest absolute Gasteiger partial charge is 0.386 e. The van der Waals surface area contributed by atoms with Crippen LogP contribution in [-0.4, -0.2) is 54.7 Å². The van der Waals surface area contributed by atoms with Crippen molar-refractivity contribution in [2.24, 2.45) is 10.9 Å². The fourth-order valence-corrected chi connectivity index (χ4v) is 3.98. The van der Waals surface area contributed by atoms with Crippen LogP contribution in [0.3, 0.4) is 0 Å². The predicted molar refractivity (Wildman–Crippen MR) is 108 cm³/mol. The molecule has 0 amide bonds. The Morgan fingerprint density at radius 3 is 2.62 bits per heavy atom. The molecule has 1 saturated heterocycles. The summed E-state index contributed by atoms with van der Waals surface area (Å²) in [4.78, 5) is 7.14. The first-order valence-corrected chi connectivity index (χ1v) is 10.2. The Morgan fingerprint density at radius 1 is 1.23 bits per heavy atom. The zero-order valence-electron chi connectivity index (χ0n) is 15.2. The Morgan fingerprint density at radius 2 is 1.96 bits per heavy atom. The third-order valence-electron chi connectivity index (χ3n) is 4.97. The average molecular weight is 399 g/mol. The van der Waals surface area contributed by atoms with Gasteiger partial charge in [-0.3, -0.25) is 4.99 Å². The van der Waals surface area contributed by atoms with Crippen LogP contribution in [0.5, 0.6) is 0 Å². The molecule has 1 aromatic carbocycles. The maximum absolute atomic E-state index is 10.4. The lowest BCUT2D eigenvalue weighted by atomic mass is 10.1. The van der Waals surface area contributed by atoms with E-state index in [1.54, 1.807) is 18.2 Å². The van der Waals surface area contributed by atoms with Crippen LogP contribution in [0, 0.1) is 5.92 Å². The van der Waals surface area contributed by atoms with Gasteiger partial charge in [-0.1, -0.05) is 23.2 Å². The molecule has 5 nitrogen and oxygen atoms in total. The molecular weight excluding hydrogens is 371 g/mol. The zero-order valence-corrected chi connectivity index (χ0v) is 16.7. The van der Waals surface area contributed by atoms with E-state index in [2.05, 4.69) is 20.5 Å². The summed E-state index contributed by atoms with van der Waals surface area (Å²) in [6.45, 7) is 6.39. The van der Waals surface area contributed by atoms with E-state index in [1.165, 1.54) is 32.4 Å². The third kappa shape index (κ3) is 5.74. The maximum Gasteiger partial charge on any atom is 0.191 e. The summed E-state index contributed by atoms with van der Waals surface area (Å²) >= 11 is 12.0. The Kier molecular flexibility index (Phi) is 7.04. The Balaban J connectivity index is 1.51. The SMILES string of the molecule is CCNC(=NCC(O)c1cc(Cl)cc(Cl)c1)NCC1CCN(C2CC2)C1. The minimum absolute atomic E-state index is 0.255. The fraction of sp³-hybridized carbons (Fsp3) is 0.632. The summed E-state index contributed by atoms with van der Waals surface area (Å²) in [5, 5.41) is 18.1. The summed E-state index contributed by atoms with van der Waals surface area (Å²) < 4.78 is 0. The van der Waals surface area contributed by atoms with Crippen LogP contribution in [0.1, 0.15) is 37.9 Å². The molecule has 1 aliphatic heterocycles. The molecular formula is C19H28Cl2N4O. The van der Waals surface area contributed by atoms with Crippen LogP contribution in [0.25, 0.3) is 0 Å². The van der Waals surface area contributed by atoms with Gasteiger partial charge in [-0.25, -0.2) is 0 Å². The minimum atomic E-state index is -0.738. The number of hydrogen-bond donors (Lipinski definition) is 3. The topological polar surface area (TPSA) is 59.9 Å². The Labute approximate surface area is 165 Å². The van der Waals surface area contributed by atoms with Crippen LogP contribution >= 0.6 is 23.2 Å². The first-order valence-electron chi connectivity index (χ1n) is 9.45. The lowest BCUT2D eigenvalue weighted by Crippen LogP contribution is -2.40. The molecule has 3 N–H and O–H groups in total. The number of aliphatic hydroxyl groups is 1. The normalized spacial score (nSPS) is 22.5. The summed E-state index contributed by atoms with van der Waals surface area (Å²) in [6, 6.07) is 5.94. The van der Waals surface area contributed by atoms with Crippen molar-refractivity contribution >= 4 is 29.2 Å². The smallest absolute Gasteiger partial charge is 0.191 e. The summed E-state index contributed by atoms with van der Waals surface area (Å²) in [5.41, 5.74) is 0.679. The van der Waals surface area contributed by atoms with E-state index in [9.17, 15) is 5.11 Å². The minimum Gasteiger partial charge on any atom is -0.386 e. The van der Waals surface area contributed by atoms with Crippen molar-refractivity contribution < 1.29 is 5.11 Å². The van der Waals surface area contributed by atoms with Gasteiger partial charge in [0.1, 0.15) is 0 Å². The second kappa shape index (κ2) is 9.27. The van der Waals surface area contributed by atoms with Gasteiger partial charge in [-0.05, 0) is 62.4 Å². The fourth-order valence-electron chi connectivity index (χ4n) is 3.43. The van der Waals surface area contributed by atoms with Crippen molar-refractivity contribution in [3.05, 3.63) is 33.8 Å². The van der Waals surface area contributed by atoms with Crippen LogP contribution in [0.15, 0.2) is 23.2 Å². The van der Waals surface area contributed by atoms with Crippen molar-refractivity contribution in [1.82, 2.24) is 15.5 Å². The van der Waals surface area contributed by atoms with Gasteiger partial charge in [0.15, 0.2) is 5.96 Å². The number of halogens is 2. The molecule has 2 unspecified atom stereocenters. The molecule has 2 fully saturated rings. The van der Waals surface area contributed by atoms with Gasteiger partial charge in [0, 0.05) is 35.7 Å². The first kappa shape index (κ1) is 19.7. The van der Waals surface area contributed by atoms with Crippen LogP contribution in [-0.2, 0) is 0 Å². The molecule has 2 aliphatic rings. The van der Waals surface area contributed by atoms with E-state index in [1.807, 2.05) is 6.92 Å². The highest BCUT2D eigenvalue weighted by Crippen LogP contribution is 2.31. The Bertz CT molecular complexity index is 616. The number of aliphatic hydroxyl groups excluding tert-OH is 1. The quantitative estimate of drug-likeness (QED) is 0.487. The number of benzene rings is 1. The van der Waals surface area contributed by atoms with Crippen LogP contribution in [0.4, 0.5) is 0 Å². The summed E-state index contributed by atoms with van der Waals surface area (Å²) in [6.07, 6.45) is 3.25. The summed E-state index contributed by atoms with van der Waals surface area (Å²) in [5.74, 6) is 1.40. The van der Waals surface area contributed by atoms with Gasteiger partial charge < -0.3 is 20.6 Å². The molecule has 0 aromatic heterocycles. The number of aliphatic imine (C=N–C) groups is 1. The van der Waals surface area contributed by atoms with Gasteiger partial charge in [0.05, 0.1) is 12.6 Å². The number of nitrogens with one attached hydrogen (secondary N) is 2. The molecule has 1 aliphatic carbocycles. The molecule has 3 rings (SSSR count). The third-order valence-corrected chi connectivity index (χ3v) is 5.41. The van der Waals surface area contributed by atoms with Crippen molar-refractivity contribution in [2.75, 3.05) is 32.7 Å². The highest BCUT2D eigenvalue weighted by Gasteiger charge is 2.34. The van der Waals surface area contributed by atoms with Gasteiger partial charge in [0.25, 0.3) is 0 Å². The van der Waals surface area contributed by atoms with E-state index >= 15 is 0 Å². The van der Waals surface area contributed by atoms with Crippen molar-refractivity contribution in [1.29, 1.82) is 0 Å². The van der Waals surface area contributed by atoms with Crippen molar-refractivity contribution in [3.63, 3.8) is 0 Å². The average Bonchev–Trinajstić information content (AvgIpc) is 3.35. The van der Waals surface area contributed by atoms with Gasteiger partial charge in [0.2, 0.25) is 0 Å². The maximum atomic E-state index is 10.4. The second-order valence-electron chi connectivity index (χ2n) is 7.20. The van der Waals surface area contributed by atoms with Crippen molar-refractivity contribution in [3.8, 4) is 0 Å². The molecule has 7 heteroatoms. The van der Waals surface area contributed by atoms with E-state index in [0.29, 0.717) is 21.5 Å². The molecule has 0 bridgehead atoms. The van der Waals surface area contributed by atoms with Gasteiger partial charge in [-0.2, -0.15) is 0 Å². The molecule has 2 atom stereocenters. The van der Waals surface area contributed by atoms with Gasteiger partial charge in [-0.15, -0.1) is 0 Å². The molecule has 0 radical (unpaired) electrons. The summed E-state index contributed by atoms with van der Waals surface area (Å²) in [7, 11) is 0. The van der Waals surface area contributed by atoms with Crippen LogP contribution < -0.4 is 10.6 Å². The zero-order chi connectivity index (χ0) is 18.5. The number of hydrogen-bond acceptors (Lipinski definition) is 3. The van der Waals surface area contributed by atoms with E-state index < -0.39 is 6.10 Å². The standard InChI is InChI=1S/C19H28Cl2N4O/c1-2-22-19(23-10-13-5-6-25(12-13)17-3-4-17)24-11-18(26)14-7-15(20)9-16(21)8-14/h7-9,13,17-18,26H,2-6,10-12H2,1H3,(H2,22,23,24). The highest BCUT2D eigenvalue weighted by molar-refractivity contribution is 6.34. The van der Waals surface area contributed by atoms with Crippen LogP contribution in [0.2, 0.25) is 10.0 Å². The Hall–Kier alpha value is -1.01. The number of guanidine groups is 1. The number of likely N-dealkylation sites (tertiary alicyclic amines) is 1. The van der Waals surface area contributed by atoms with E-state index in [0.717, 1.165) is 25.1 Å². The molecule has 0 spiro atoms. The number of rotatable bonds is 7. The molecule has 1 saturated carbocycles. The van der Waals surface area contributed by atoms with Gasteiger partial charge >= 0.3 is 0 Å². The molecule has 144 valence electrons.